The number of halogens is 2. The Balaban J connectivity index is 1.14. The number of thioether (sulfide) groups is 2. The molecule has 0 aliphatic rings. The lowest BCUT2D eigenvalue weighted by molar-refractivity contribution is 0.627. The van der Waals surface area contributed by atoms with Crippen molar-refractivity contribution in [1.82, 2.24) is 30.4 Å². The average Bonchev–Trinajstić information content (AvgIpc) is 3.45. The van der Waals surface area contributed by atoms with Crippen molar-refractivity contribution in [3.05, 3.63) is 82.9 Å². The number of nitrogens with zero attached hydrogens (tertiary/aromatic N) is 4. The minimum atomic E-state index is -0.232. The van der Waals surface area contributed by atoms with Crippen LogP contribution in [0.2, 0.25) is 0 Å². The van der Waals surface area contributed by atoms with E-state index in [4.69, 9.17) is 0 Å². The van der Waals surface area contributed by atoms with Crippen LogP contribution in [-0.4, -0.2) is 30.4 Å². The molecule has 0 aliphatic carbocycles. The van der Waals surface area contributed by atoms with Crippen molar-refractivity contribution >= 4 is 23.5 Å². The van der Waals surface area contributed by atoms with Gasteiger partial charge in [-0.1, -0.05) is 47.8 Å². The molecular formula is C22H22F2N6S2. The molecular weight excluding hydrogens is 450 g/mol. The van der Waals surface area contributed by atoms with Gasteiger partial charge in [-0.25, -0.2) is 18.7 Å². The van der Waals surface area contributed by atoms with Crippen molar-refractivity contribution in [2.45, 2.75) is 47.5 Å². The highest BCUT2D eigenvalue weighted by molar-refractivity contribution is 7.98. The Morgan fingerprint density at radius 1 is 0.625 bits per heavy atom. The summed E-state index contributed by atoms with van der Waals surface area (Å²) < 4.78 is 25.9. The van der Waals surface area contributed by atoms with Crippen LogP contribution in [0.4, 0.5) is 8.78 Å². The summed E-state index contributed by atoms with van der Waals surface area (Å²) in [5.74, 6) is 2.66. The number of H-pyrrole nitrogens is 2. The van der Waals surface area contributed by atoms with Gasteiger partial charge < -0.3 is 0 Å². The Bertz CT molecular complexity index is 1020. The molecule has 2 aromatic heterocycles. The number of unbranched alkanes of at least 4 members (excludes halogenated alkanes) is 1. The molecule has 0 spiro atoms. The lowest BCUT2D eigenvalue weighted by Crippen LogP contribution is -1.93. The summed E-state index contributed by atoms with van der Waals surface area (Å²) in [6.07, 6.45) is 3.53. The fraction of sp³-hybridized carbons (Fsp3) is 0.273. The Morgan fingerprint density at radius 2 is 1.03 bits per heavy atom. The molecule has 4 rings (SSSR count). The molecule has 0 bridgehead atoms. The van der Waals surface area contributed by atoms with Gasteiger partial charge >= 0.3 is 0 Å². The highest BCUT2D eigenvalue weighted by Gasteiger charge is 2.07. The fourth-order valence-electron chi connectivity index (χ4n) is 2.95. The molecule has 0 amide bonds. The second-order valence-electron chi connectivity index (χ2n) is 7.17. The largest absolute Gasteiger partial charge is 0.262 e. The van der Waals surface area contributed by atoms with Crippen LogP contribution in [0.25, 0.3) is 0 Å². The molecule has 32 heavy (non-hydrogen) atoms. The van der Waals surface area contributed by atoms with E-state index in [1.54, 1.807) is 24.3 Å². The van der Waals surface area contributed by atoms with Crippen LogP contribution >= 0.6 is 23.5 Å². The van der Waals surface area contributed by atoms with E-state index < -0.39 is 0 Å². The quantitative estimate of drug-likeness (QED) is 0.226. The molecule has 0 aliphatic heterocycles. The molecule has 166 valence electrons. The lowest BCUT2D eigenvalue weighted by atomic mass is 10.2. The smallest absolute Gasteiger partial charge is 0.208 e. The Morgan fingerprint density at radius 3 is 1.44 bits per heavy atom. The molecule has 2 N–H and O–H groups in total. The van der Waals surface area contributed by atoms with Crippen molar-refractivity contribution in [1.29, 1.82) is 0 Å². The third kappa shape index (κ3) is 6.89. The maximum Gasteiger partial charge on any atom is 0.208 e. The van der Waals surface area contributed by atoms with Gasteiger partial charge in [0.05, 0.1) is 0 Å². The van der Waals surface area contributed by atoms with E-state index in [0.717, 1.165) is 48.5 Å². The minimum Gasteiger partial charge on any atom is -0.262 e. The van der Waals surface area contributed by atoms with E-state index in [2.05, 4.69) is 30.4 Å². The molecule has 4 aromatic rings. The van der Waals surface area contributed by atoms with E-state index in [1.807, 2.05) is 0 Å². The maximum absolute atomic E-state index is 13.0. The van der Waals surface area contributed by atoms with Crippen LogP contribution in [0.5, 0.6) is 0 Å². The highest BCUT2D eigenvalue weighted by Crippen LogP contribution is 2.21. The van der Waals surface area contributed by atoms with Gasteiger partial charge in [0.25, 0.3) is 0 Å². The van der Waals surface area contributed by atoms with Crippen molar-refractivity contribution in [3.8, 4) is 0 Å². The number of hydrogen-bond acceptors (Lipinski definition) is 6. The third-order valence-corrected chi connectivity index (χ3v) is 6.50. The van der Waals surface area contributed by atoms with Gasteiger partial charge in [-0.15, -0.1) is 10.2 Å². The molecule has 0 radical (unpaired) electrons. The second kappa shape index (κ2) is 11.2. The van der Waals surface area contributed by atoms with Gasteiger partial charge in [0, 0.05) is 24.3 Å². The van der Waals surface area contributed by atoms with Crippen molar-refractivity contribution < 1.29 is 8.78 Å². The predicted molar refractivity (Wildman–Crippen MR) is 121 cm³/mol. The number of aryl methyl sites for hydroxylation is 2. The fourth-order valence-corrected chi connectivity index (χ4v) is 4.50. The van der Waals surface area contributed by atoms with Crippen LogP contribution in [0.15, 0.2) is 58.8 Å². The summed E-state index contributed by atoms with van der Waals surface area (Å²) in [6, 6.07) is 12.9. The first-order chi connectivity index (χ1) is 15.6. The van der Waals surface area contributed by atoms with Gasteiger partial charge in [-0.05, 0) is 48.2 Å². The molecule has 0 saturated carbocycles. The van der Waals surface area contributed by atoms with Gasteiger partial charge in [-0.2, -0.15) is 0 Å². The minimum absolute atomic E-state index is 0.232. The first-order valence-corrected chi connectivity index (χ1v) is 12.2. The summed E-state index contributed by atoms with van der Waals surface area (Å²) in [6.45, 7) is 0. The lowest BCUT2D eigenvalue weighted by Gasteiger charge is -1.98. The van der Waals surface area contributed by atoms with Gasteiger partial charge in [0.2, 0.25) is 10.3 Å². The normalized spacial score (nSPS) is 11.2. The molecule has 6 nitrogen and oxygen atoms in total. The van der Waals surface area contributed by atoms with E-state index >= 15 is 0 Å². The van der Waals surface area contributed by atoms with E-state index in [9.17, 15) is 8.78 Å². The van der Waals surface area contributed by atoms with Gasteiger partial charge in [0.1, 0.15) is 23.3 Å². The van der Waals surface area contributed by atoms with E-state index in [1.165, 1.54) is 47.8 Å². The first-order valence-electron chi connectivity index (χ1n) is 10.2. The number of aromatic amines is 2. The molecule has 0 fully saturated rings. The zero-order valence-electron chi connectivity index (χ0n) is 17.2. The molecule has 0 atom stereocenters. The zero-order valence-corrected chi connectivity index (χ0v) is 18.9. The summed E-state index contributed by atoms with van der Waals surface area (Å²) >= 11 is 3.05. The van der Waals surface area contributed by atoms with Crippen molar-refractivity contribution in [2.24, 2.45) is 0 Å². The standard InChI is InChI=1S/C22H22F2N6S2/c23-17-9-5-15(6-10-17)13-31-21-25-19(27-29-21)3-1-2-4-20-26-22(30-28-20)32-14-16-7-11-18(24)12-8-16/h5-12H,1-4,13-14H2,(H,25,27,29)(H,26,28,30). The molecule has 10 heteroatoms. The summed E-state index contributed by atoms with van der Waals surface area (Å²) in [4.78, 5) is 9.02. The number of nitrogens with one attached hydrogen (secondary N) is 2. The molecule has 0 unspecified atom stereocenters. The number of hydrogen-bond donors (Lipinski definition) is 2. The highest BCUT2D eigenvalue weighted by atomic mass is 32.2. The summed E-state index contributed by atoms with van der Waals surface area (Å²) in [7, 11) is 0. The zero-order chi connectivity index (χ0) is 22.2. The van der Waals surface area contributed by atoms with Crippen molar-refractivity contribution in [2.75, 3.05) is 0 Å². The number of rotatable bonds is 11. The van der Waals surface area contributed by atoms with Crippen LogP contribution < -0.4 is 0 Å². The maximum atomic E-state index is 13.0. The summed E-state index contributed by atoms with van der Waals surface area (Å²) in [5.41, 5.74) is 2.06. The molecule has 2 heterocycles. The van der Waals surface area contributed by atoms with Crippen LogP contribution in [0.1, 0.15) is 35.6 Å². The van der Waals surface area contributed by atoms with Gasteiger partial charge in [-0.3, -0.25) is 10.2 Å². The SMILES string of the molecule is Fc1ccc(CSc2n[nH]c(CCCCc3nc(SCc4ccc(F)cc4)n[nH]3)n2)cc1. The van der Waals surface area contributed by atoms with Crippen LogP contribution in [0, 0.1) is 11.6 Å². The van der Waals surface area contributed by atoms with Crippen LogP contribution in [0.3, 0.4) is 0 Å². The topological polar surface area (TPSA) is 83.1 Å². The van der Waals surface area contributed by atoms with Crippen LogP contribution in [-0.2, 0) is 24.3 Å². The third-order valence-electron chi connectivity index (χ3n) is 4.66. The first kappa shape index (κ1) is 22.5. The molecule has 0 saturated heterocycles. The van der Waals surface area contributed by atoms with Crippen molar-refractivity contribution in [3.63, 3.8) is 0 Å². The van der Waals surface area contributed by atoms with E-state index in [-0.39, 0.29) is 11.6 Å². The molecule has 2 aromatic carbocycles. The Kier molecular flexibility index (Phi) is 7.89. The predicted octanol–water partition coefficient (Wildman–Crippen LogP) is 5.35. The number of aromatic nitrogens is 6. The monoisotopic (exact) mass is 472 g/mol. The second-order valence-corrected chi connectivity index (χ2v) is 9.05. The van der Waals surface area contributed by atoms with E-state index in [0.29, 0.717) is 21.8 Å². The van der Waals surface area contributed by atoms with Gasteiger partial charge in [0.15, 0.2) is 0 Å². The summed E-state index contributed by atoms with van der Waals surface area (Å²) in [5, 5.41) is 15.8. The Labute approximate surface area is 193 Å². The average molecular weight is 473 g/mol. The Hall–Kier alpha value is -2.72. The number of benzene rings is 2.